The molecule has 1 aliphatic heterocycles. The maximum atomic E-state index is 12.9. The maximum absolute atomic E-state index is 12.9. The minimum Gasteiger partial charge on any atom is -0.291 e. The average molecular weight is 410 g/mol. The number of nitrogens with one attached hydrogen (secondary N) is 1. The number of nitro benzene ring substituents is 1. The van der Waals surface area contributed by atoms with Crippen LogP contribution in [0.1, 0.15) is 18.7 Å². The number of carbonyl (C=O) groups is 1. The molecule has 1 unspecified atom stereocenters. The first-order chi connectivity index (χ1) is 13.9. The van der Waals surface area contributed by atoms with E-state index in [1.165, 1.54) is 34.3 Å². The Morgan fingerprint density at radius 2 is 1.93 bits per heavy atom. The third-order valence-electron chi connectivity index (χ3n) is 4.70. The second-order valence-electron chi connectivity index (χ2n) is 6.35. The molecule has 4 rings (SSSR count). The van der Waals surface area contributed by atoms with E-state index >= 15 is 0 Å². The molecule has 3 aromatic rings. The third kappa shape index (κ3) is 2.97. The summed E-state index contributed by atoms with van der Waals surface area (Å²) in [6, 6.07) is 13.1. The summed E-state index contributed by atoms with van der Waals surface area (Å²) in [5.41, 5.74) is 0.974. The van der Waals surface area contributed by atoms with E-state index in [4.69, 9.17) is 0 Å². The third-order valence-corrected chi connectivity index (χ3v) is 5.27. The molecule has 146 valence electrons. The number of thioether (sulfide) groups is 1. The lowest BCUT2D eigenvalue weighted by Crippen LogP contribution is -2.60. The first-order valence-corrected chi connectivity index (χ1v) is 9.89. The average Bonchev–Trinajstić information content (AvgIpc) is 2.71. The summed E-state index contributed by atoms with van der Waals surface area (Å²) in [6.07, 6.45) is 0.775. The highest BCUT2D eigenvalue weighted by Crippen LogP contribution is 2.39. The van der Waals surface area contributed by atoms with Crippen molar-refractivity contribution in [1.82, 2.24) is 10.1 Å². The van der Waals surface area contributed by atoms with Crippen molar-refractivity contribution in [2.24, 2.45) is 0 Å². The SMILES string of the molecule is CSc1n[n+]2c(c(=O)[nH]1)-c1ccccc1N(C(C)=O)C2c1ccccc1[N+](=O)[O-]. The highest BCUT2D eigenvalue weighted by molar-refractivity contribution is 7.98. The van der Waals surface area contributed by atoms with Gasteiger partial charge in [-0.05, 0) is 29.1 Å². The number of anilines is 1. The molecule has 0 radical (unpaired) electrons. The van der Waals surface area contributed by atoms with Gasteiger partial charge in [-0.15, -0.1) is 0 Å². The summed E-state index contributed by atoms with van der Waals surface area (Å²) in [7, 11) is 0. The van der Waals surface area contributed by atoms with Crippen molar-refractivity contribution in [3.05, 3.63) is 74.6 Å². The van der Waals surface area contributed by atoms with Crippen LogP contribution in [0, 0.1) is 10.1 Å². The molecule has 1 N–H and O–H groups in total. The fraction of sp³-hybridized carbons (Fsp3) is 0.158. The van der Waals surface area contributed by atoms with E-state index in [0.29, 0.717) is 16.4 Å². The molecular formula is C19H16N5O4S+. The van der Waals surface area contributed by atoms with Gasteiger partial charge in [-0.3, -0.25) is 24.7 Å². The van der Waals surface area contributed by atoms with Crippen LogP contribution in [0.4, 0.5) is 11.4 Å². The lowest BCUT2D eigenvalue weighted by Gasteiger charge is -2.31. The highest BCUT2D eigenvalue weighted by Gasteiger charge is 2.47. The van der Waals surface area contributed by atoms with E-state index < -0.39 is 11.1 Å². The number of para-hydroxylation sites is 2. The van der Waals surface area contributed by atoms with Gasteiger partial charge < -0.3 is 0 Å². The van der Waals surface area contributed by atoms with Crippen LogP contribution >= 0.6 is 11.8 Å². The number of aromatic amines is 1. The molecule has 0 spiro atoms. The molecule has 10 heteroatoms. The van der Waals surface area contributed by atoms with Crippen LogP contribution in [0.3, 0.4) is 0 Å². The van der Waals surface area contributed by atoms with Crippen molar-refractivity contribution in [3.8, 4) is 11.3 Å². The quantitative estimate of drug-likeness (QED) is 0.307. The number of hydrogen-bond donors (Lipinski definition) is 1. The predicted octanol–water partition coefficient (Wildman–Crippen LogP) is 2.27. The monoisotopic (exact) mass is 410 g/mol. The summed E-state index contributed by atoms with van der Waals surface area (Å²) in [5.74, 6) is -0.327. The second-order valence-corrected chi connectivity index (χ2v) is 7.15. The van der Waals surface area contributed by atoms with Gasteiger partial charge >= 0.3 is 11.3 Å². The van der Waals surface area contributed by atoms with Crippen LogP contribution in [-0.4, -0.2) is 27.2 Å². The minimum absolute atomic E-state index is 0.158. The summed E-state index contributed by atoms with van der Waals surface area (Å²) >= 11 is 1.23. The lowest BCUT2D eigenvalue weighted by atomic mass is 10.0. The predicted molar refractivity (Wildman–Crippen MR) is 107 cm³/mol. The Hall–Kier alpha value is -3.53. The Morgan fingerprint density at radius 1 is 1.24 bits per heavy atom. The van der Waals surface area contributed by atoms with Gasteiger partial charge in [0.15, 0.2) is 0 Å². The zero-order valence-corrected chi connectivity index (χ0v) is 16.3. The van der Waals surface area contributed by atoms with E-state index in [1.807, 2.05) is 0 Å². The molecule has 2 heterocycles. The molecule has 0 saturated carbocycles. The van der Waals surface area contributed by atoms with E-state index in [2.05, 4.69) is 10.1 Å². The van der Waals surface area contributed by atoms with Gasteiger partial charge in [0.2, 0.25) is 11.1 Å². The van der Waals surface area contributed by atoms with Gasteiger partial charge in [0.25, 0.3) is 11.9 Å². The van der Waals surface area contributed by atoms with E-state index in [0.717, 1.165) is 0 Å². The fourth-order valence-electron chi connectivity index (χ4n) is 3.56. The highest BCUT2D eigenvalue weighted by atomic mass is 32.2. The van der Waals surface area contributed by atoms with Crippen LogP contribution in [0.2, 0.25) is 0 Å². The summed E-state index contributed by atoms with van der Waals surface area (Å²) in [4.78, 5) is 40.9. The normalized spacial score (nSPS) is 14.8. The fourth-order valence-corrected chi connectivity index (χ4v) is 3.92. The van der Waals surface area contributed by atoms with Crippen molar-refractivity contribution in [1.29, 1.82) is 0 Å². The number of H-pyrrole nitrogens is 1. The topological polar surface area (TPSA) is 113 Å². The Kier molecular flexibility index (Phi) is 4.63. The minimum atomic E-state index is -0.979. The number of hydrogen-bond acceptors (Lipinski definition) is 6. The van der Waals surface area contributed by atoms with Crippen molar-refractivity contribution < 1.29 is 14.4 Å². The van der Waals surface area contributed by atoms with Gasteiger partial charge in [-0.2, -0.15) is 0 Å². The zero-order chi connectivity index (χ0) is 20.7. The molecule has 0 aliphatic carbocycles. The smallest absolute Gasteiger partial charge is 0.291 e. The molecule has 0 bridgehead atoms. The second kappa shape index (κ2) is 7.13. The molecule has 2 aromatic carbocycles. The Balaban J connectivity index is 2.13. The number of rotatable bonds is 3. The number of aromatic nitrogens is 3. The van der Waals surface area contributed by atoms with Crippen LogP contribution in [0.25, 0.3) is 11.3 Å². The van der Waals surface area contributed by atoms with Gasteiger partial charge in [0.1, 0.15) is 5.56 Å². The number of carbonyl (C=O) groups excluding carboxylic acids is 1. The first-order valence-electron chi connectivity index (χ1n) is 8.66. The van der Waals surface area contributed by atoms with E-state index in [1.54, 1.807) is 48.7 Å². The summed E-state index contributed by atoms with van der Waals surface area (Å²) in [6.45, 7) is 1.38. The van der Waals surface area contributed by atoms with E-state index in [-0.39, 0.29) is 28.4 Å². The molecule has 1 atom stereocenters. The Labute approximate surface area is 169 Å². The number of nitrogens with zero attached hydrogens (tertiary/aromatic N) is 4. The van der Waals surface area contributed by atoms with Crippen molar-refractivity contribution >= 4 is 29.0 Å². The Morgan fingerprint density at radius 3 is 2.62 bits per heavy atom. The van der Waals surface area contributed by atoms with Crippen LogP contribution in [0.15, 0.2) is 58.5 Å². The number of benzene rings is 2. The Bertz CT molecular complexity index is 1210. The van der Waals surface area contributed by atoms with Gasteiger partial charge in [0.05, 0.1) is 16.2 Å². The largest absolute Gasteiger partial charge is 0.325 e. The standard InChI is InChI=1S/C19H15N5O4S/c1-11(25)22-14-9-5-3-7-12(14)16-17(26)20-19(29-2)21-23(16)18(22)13-8-4-6-10-15(13)24(27)28/h3-10,18H,1-2H3/p+1. The molecule has 1 amide bonds. The van der Waals surface area contributed by atoms with Gasteiger partial charge in [0, 0.05) is 18.1 Å². The van der Waals surface area contributed by atoms with Crippen molar-refractivity contribution in [2.75, 3.05) is 11.2 Å². The maximum Gasteiger partial charge on any atom is 0.325 e. The lowest BCUT2D eigenvalue weighted by molar-refractivity contribution is -0.763. The number of amides is 1. The van der Waals surface area contributed by atoms with E-state index in [9.17, 15) is 19.7 Å². The molecular weight excluding hydrogens is 394 g/mol. The molecule has 9 nitrogen and oxygen atoms in total. The summed E-state index contributed by atoms with van der Waals surface area (Å²) < 4.78 is 1.40. The molecule has 0 saturated heterocycles. The number of nitro groups is 1. The van der Waals surface area contributed by atoms with Crippen LogP contribution in [-0.2, 0) is 4.79 Å². The van der Waals surface area contributed by atoms with Gasteiger partial charge in [-0.1, -0.05) is 36.0 Å². The van der Waals surface area contributed by atoms with Crippen molar-refractivity contribution in [3.63, 3.8) is 0 Å². The molecule has 0 fully saturated rings. The molecule has 29 heavy (non-hydrogen) atoms. The summed E-state index contributed by atoms with van der Waals surface area (Å²) in [5, 5.41) is 16.5. The number of fused-ring (bicyclic) bond motifs is 3. The van der Waals surface area contributed by atoms with Crippen LogP contribution in [0.5, 0.6) is 0 Å². The zero-order valence-electron chi connectivity index (χ0n) is 15.5. The molecule has 1 aromatic heterocycles. The van der Waals surface area contributed by atoms with Crippen LogP contribution < -0.4 is 15.1 Å². The van der Waals surface area contributed by atoms with Gasteiger partial charge in [-0.25, -0.2) is 4.90 Å². The first kappa shape index (κ1) is 18.8. The van der Waals surface area contributed by atoms with Crippen molar-refractivity contribution in [2.45, 2.75) is 18.2 Å². The molecule has 1 aliphatic rings.